The van der Waals surface area contributed by atoms with Crippen molar-refractivity contribution in [2.75, 3.05) is 13.2 Å². The number of hydrogen-bond donors (Lipinski definition) is 2. The predicted octanol–water partition coefficient (Wildman–Crippen LogP) is 1.48. The highest BCUT2D eigenvalue weighted by Crippen LogP contribution is 1.95. The number of rotatable bonds is 7. The van der Waals surface area contributed by atoms with Crippen LogP contribution in [0.15, 0.2) is 37.5 Å². The van der Waals surface area contributed by atoms with Crippen LogP contribution in [0.5, 0.6) is 0 Å². The number of hydrogen-bond acceptors (Lipinski definition) is 3. The third-order valence-electron chi connectivity index (χ3n) is 1.14. The molecule has 0 amide bonds. The molecule has 0 atom stereocenters. The van der Waals surface area contributed by atoms with Crippen molar-refractivity contribution < 1.29 is 24.5 Å². The first kappa shape index (κ1) is 16.5. The number of carboxylic acid groups (broad SMARTS) is 2. The van der Waals surface area contributed by atoms with Gasteiger partial charge >= 0.3 is 11.9 Å². The molecular weight excluding hydrogens is 212 g/mol. The van der Waals surface area contributed by atoms with Crippen LogP contribution in [0, 0.1) is 0 Å². The molecule has 2 N–H and O–H groups in total. The van der Waals surface area contributed by atoms with Gasteiger partial charge in [0, 0.05) is 5.57 Å². The summed E-state index contributed by atoms with van der Waals surface area (Å²) in [6, 6.07) is 0. The van der Waals surface area contributed by atoms with Gasteiger partial charge in [0.05, 0.1) is 19.6 Å². The molecule has 0 unspecified atom stereocenters. The molecule has 0 radical (unpaired) electrons. The predicted molar refractivity (Wildman–Crippen MR) is 60.2 cm³/mol. The molecule has 16 heavy (non-hydrogen) atoms. The average molecular weight is 228 g/mol. The molecule has 5 nitrogen and oxygen atoms in total. The molecule has 0 rings (SSSR count). The maximum Gasteiger partial charge on any atom is 0.331 e. The van der Waals surface area contributed by atoms with Gasteiger partial charge in [-0.1, -0.05) is 18.7 Å². The Morgan fingerprint density at radius 3 is 1.75 bits per heavy atom. The highest BCUT2D eigenvalue weighted by atomic mass is 16.5. The van der Waals surface area contributed by atoms with Crippen molar-refractivity contribution in [1.82, 2.24) is 0 Å². The Balaban J connectivity index is 0. The van der Waals surface area contributed by atoms with Gasteiger partial charge < -0.3 is 14.9 Å². The second-order valence-electron chi connectivity index (χ2n) is 2.59. The number of carbonyl (C=O) groups is 2. The van der Waals surface area contributed by atoms with E-state index in [9.17, 15) is 9.59 Å². The van der Waals surface area contributed by atoms with Crippen LogP contribution in [0.2, 0.25) is 0 Å². The van der Waals surface area contributed by atoms with Gasteiger partial charge in [0.25, 0.3) is 0 Å². The summed E-state index contributed by atoms with van der Waals surface area (Å²) in [5, 5.41) is 16.1. The van der Waals surface area contributed by atoms with Gasteiger partial charge in [-0.05, 0) is 0 Å². The molecule has 0 aromatic rings. The highest BCUT2D eigenvalue weighted by Gasteiger charge is 2.07. The van der Waals surface area contributed by atoms with Crippen molar-refractivity contribution in [2.45, 2.75) is 6.42 Å². The zero-order chi connectivity index (χ0) is 13.0. The van der Waals surface area contributed by atoms with E-state index in [2.05, 4.69) is 19.7 Å². The number of ether oxygens (including phenoxy) is 1. The number of carboxylic acids is 2. The minimum atomic E-state index is -1.27. The Morgan fingerprint density at radius 2 is 1.56 bits per heavy atom. The van der Waals surface area contributed by atoms with Crippen molar-refractivity contribution >= 4 is 11.9 Å². The molecule has 0 aromatic heterocycles. The summed E-state index contributed by atoms with van der Waals surface area (Å²) >= 11 is 0. The molecular formula is C11H16O5. The smallest absolute Gasteiger partial charge is 0.331 e. The van der Waals surface area contributed by atoms with Crippen molar-refractivity contribution in [2.24, 2.45) is 0 Å². The maximum absolute atomic E-state index is 9.87. The average Bonchev–Trinajstić information content (AvgIpc) is 2.18. The lowest BCUT2D eigenvalue weighted by molar-refractivity contribution is -0.139. The fourth-order valence-electron chi connectivity index (χ4n) is 0.493. The first-order valence-corrected chi connectivity index (χ1v) is 4.38. The second-order valence-corrected chi connectivity index (χ2v) is 2.59. The first-order valence-electron chi connectivity index (χ1n) is 4.38. The maximum atomic E-state index is 9.87. The van der Waals surface area contributed by atoms with Crippen molar-refractivity contribution in [3.05, 3.63) is 37.5 Å². The molecule has 0 heterocycles. The SMILES string of the molecule is C=C(CC(=O)O)C(=O)O.C=CCOCC=C. The lowest BCUT2D eigenvalue weighted by Crippen LogP contribution is -2.04. The van der Waals surface area contributed by atoms with E-state index in [1.54, 1.807) is 12.2 Å². The van der Waals surface area contributed by atoms with E-state index in [0.29, 0.717) is 13.2 Å². The van der Waals surface area contributed by atoms with Crippen LogP contribution in [0.1, 0.15) is 6.42 Å². The van der Waals surface area contributed by atoms with Gasteiger partial charge in [0.15, 0.2) is 0 Å². The van der Waals surface area contributed by atoms with E-state index < -0.39 is 18.4 Å². The van der Waals surface area contributed by atoms with E-state index in [4.69, 9.17) is 14.9 Å². The van der Waals surface area contributed by atoms with Gasteiger partial charge in [-0.15, -0.1) is 13.2 Å². The summed E-state index contributed by atoms with van der Waals surface area (Å²) in [5.41, 5.74) is -0.303. The van der Waals surface area contributed by atoms with E-state index in [-0.39, 0.29) is 5.57 Å². The summed E-state index contributed by atoms with van der Waals surface area (Å²) in [6.07, 6.45) is 2.92. The number of aliphatic carboxylic acids is 2. The topological polar surface area (TPSA) is 83.8 Å². The summed E-state index contributed by atoms with van der Waals surface area (Å²) < 4.78 is 4.90. The lowest BCUT2D eigenvalue weighted by Gasteiger charge is -1.91. The molecule has 0 spiro atoms. The van der Waals surface area contributed by atoms with Crippen molar-refractivity contribution in [3.63, 3.8) is 0 Å². The Hall–Kier alpha value is -1.88. The molecule has 0 saturated carbocycles. The zero-order valence-corrected chi connectivity index (χ0v) is 9.02. The standard InChI is InChI=1S/C6H10O.C5H6O4/c1-3-5-7-6-4-2;1-3(5(8)9)2-4(6)7/h3-4H,1-2,5-6H2;1-2H2,(H,6,7)(H,8,9). The fraction of sp³-hybridized carbons (Fsp3) is 0.273. The van der Waals surface area contributed by atoms with Crippen LogP contribution >= 0.6 is 0 Å². The van der Waals surface area contributed by atoms with Crippen LogP contribution in [0.3, 0.4) is 0 Å². The molecule has 0 saturated heterocycles. The van der Waals surface area contributed by atoms with Gasteiger partial charge in [0.1, 0.15) is 0 Å². The monoisotopic (exact) mass is 228 g/mol. The first-order chi connectivity index (χ1) is 7.45. The lowest BCUT2D eigenvalue weighted by atomic mass is 10.2. The van der Waals surface area contributed by atoms with Gasteiger partial charge in [-0.2, -0.15) is 0 Å². The Bertz CT molecular complexity index is 260. The van der Waals surface area contributed by atoms with Crippen LogP contribution in [0.4, 0.5) is 0 Å². The highest BCUT2D eigenvalue weighted by molar-refractivity contribution is 5.91. The Kier molecular flexibility index (Phi) is 11.6. The van der Waals surface area contributed by atoms with Crippen LogP contribution in [-0.4, -0.2) is 35.4 Å². The van der Waals surface area contributed by atoms with Crippen LogP contribution in [0.25, 0.3) is 0 Å². The quantitative estimate of drug-likeness (QED) is 0.391. The van der Waals surface area contributed by atoms with E-state index in [1.807, 2.05) is 0 Å². The van der Waals surface area contributed by atoms with Crippen LogP contribution in [-0.2, 0) is 14.3 Å². The normalized spacial score (nSPS) is 8.25. The minimum Gasteiger partial charge on any atom is -0.481 e. The molecule has 0 aliphatic carbocycles. The molecule has 0 bridgehead atoms. The van der Waals surface area contributed by atoms with E-state index >= 15 is 0 Å². The van der Waals surface area contributed by atoms with Crippen molar-refractivity contribution in [1.29, 1.82) is 0 Å². The zero-order valence-electron chi connectivity index (χ0n) is 9.02. The Morgan fingerprint density at radius 1 is 1.12 bits per heavy atom. The largest absolute Gasteiger partial charge is 0.481 e. The van der Waals surface area contributed by atoms with Crippen molar-refractivity contribution in [3.8, 4) is 0 Å². The summed E-state index contributed by atoms with van der Waals surface area (Å²) in [7, 11) is 0. The Labute approximate surface area is 94.4 Å². The van der Waals surface area contributed by atoms with Gasteiger partial charge in [-0.3, -0.25) is 4.79 Å². The molecule has 0 aromatic carbocycles. The third-order valence-corrected chi connectivity index (χ3v) is 1.14. The molecule has 5 heteroatoms. The van der Waals surface area contributed by atoms with Gasteiger partial charge in [0.2, 0.25) is 0 Å². The molecule has 0 aliphatic heterocycles. The summed E-state index contributed by atoms with van der Waals surface area (Å²) in [5.74, 6) is -2.44. The molecule has 0 aliphatic rings. The molecule has 90 valence electrons. The van der Waals surface area contributed by atoms with E-state index in [1.165, 1.54) is 0 Å². The second kappa shape index (κ2) is 11.2. The third kappa shape index (κ3) is 14.6. The van der Waals surface area contributed by atoms with Gasteiger partial charge in [-0.25, -0.2) is 4.79 Å². The van der Waals surface area contributed by atoms with E-state index in [0.717, 1.165) is 0 Å². The minimum absolute atomic E-state index is 0.303. The summed E-state index contributed by atoms with van der Waals surface area (Å²) in [4.78, 5) is 19.7. The summed E-state index contributed by atoms with van der Waals surface area (Å²) in [6.45, 7) is 11.2. The fourth-order valence-corrected chi connectivity index (χ4v) is 0.493. The van der Waals surface area contributed by atoms with Crippen LogP contribution < -0.4 is 0 Å². The molecule has 0 fully saturated rings.